The maximum absolute atomic E-state index is 6.08. The molecule has 2 heteroatoms. The van der Waals surface area contributed by atoms with Gasteiger partial charge in [-0.05, 0) is 49.9 Å². The minimum atomic E-state index is 0.254. The zero-order chi connectivity index (χ0) is 11.8. The Bertz CT molecular complexity index is 213. The third-order valence-electron chi connectivity index (χ3n) is 4.29. The van der Waals surface area contributed by atoms with Gasteiger partial charge in [0, 0.05) is 25.7 Å². The molecule has 0 aromatic rings. The molecule has 0 aromatic carbocycles. The van der Waals surface area contributed by atoms with Crippen molar-refractivity contribution in [3.63, 3.8) is 0 Å². The summed E-state index contributed by atoms with van der Waals surface area (Å²) in [6.07, 6.45) is 5.83. The Morgan fingerprint density at radius 1 is 1.12 bits per heavy atom. The van der Waals surface area contributed by atoms with Crippen LogP contribution in [0, 0.1) is 17.3 Å². The van der Waals surface area contributed by atoms with E-state index in [1.807, 2.05) is 0 Å². The molecule has 1 unspecified atom stereocenters. The van der Waals surface area contributed by atoms with Crippen LogP contribution in [-0.2, 0) is 0 Å². The summed E-state index contributed by atoms with van der Waals surface area (Å²) in [6, 6.07) is 0.286. The highest BCUT2D eigenvalue weighted by atomic mass is 15.1. The molecule has 0 amide bonds. The summed E-state index contributed by atoms with van der Waals surface area (Å²) in [5.74, 6) is 2.00. The fourth-order valence-electron chi connectivity index (χ4n) is 2.26. The number of nitrogens with zero attached hydrogens (tertiary/aromatic N) is 1. The molecule has 94 valence electrons. The molecule has 2 saturated carbocycles. The van der Waals surface area contributed by atoms with Gasteiger partial charge in [-0.25, -0.2) is 0 Å². The number of hydrogen-bond acceptors (Lipinski definition) is 2. The Morgan fingerprint density at radius 3 is 1.88 bits per heavy atom. The van der Waals surface area contributed by atoms with E-state index in [9.17, 15) is 0 Å². The van der Waals surface area contributed by atoms with Gasteiger partial charge in [0.1, 0.15) is 0 Å². The average molecular weight is 224 g/mol. The average Bonchev–Trinajstić information content (AvgIpc) is 2.98. The molecular weight excluding hydrogens is 196 g/mol. The van der Waals surface area contributed by atoms with Crippen LogP contribution in [-0.4, -0.2) is 30.6 Å². The summed E-state index contributed by atoms with van der Waals surface area (Å²) in [4.78, 5) is 2.69. The third kappa shape index (κ3) is 3.74. The molecule has 2 aliphatic carbocycles. The Labute approximate surface area is 101 Å². The lowest BCUT2D eigenvalue weighted by Gasteiger charge is -2.35. The standard InChI is InChI=1S/C14H28N2/c1-11(15)14(2,3)10-16(8-12-4-5-12)9-13-6-7-13/h11-13H,4-10,15H2,1-3H3. The van der Waals surface area contributed by atoms with E-state index in [-0.39, 0.29) is 11.5 Å². The first-order valence-corrected chi connectivity index (χ1v) is 6.95. The Balaban J connectivity index is 1.83. The van der Waals surface area contributed by atoms with Gasteiger partial charge in [-0.15, -0.1) is 0 Å². The van der Waals surface area contributed by atoms with E-state index in [0.29, 0.717) is 0 Å². The van der Waals surface area contributed by atoms with Crippen LogP contribution >= 0.6 is 0 Å². The van der Waals surface area contributed by atoms with Crippen LogP contribution in [0.15, 0.2) is 0 Å². The molecule has 0 saturated heterocycles. The van der Waals surface area contributed by atoms with Crippen molar-refractivity contribution >= 4 is 0 Å². The van der Waals surface area contributed by atoms with Crippen molar-refractivity contribution in [1.82, 2.24) is 4.90 Å². The van der Waals surface area contributed by atoms with Crippen molar-refractivity contribution in [3.8, 4) is 0 Å². The Morgan fingerprint density at radius 2 is 1.56 bits per heavy atom. The van der Waals surface area contributed by atoms with Gasteiger partial charge >= 0.3 is 0 Å². The molecule has 16 heavy (non-hydrogen) atoms. The van der Waals surface area contributed by atoms with E-state index in [4.69, 9.17) is 5.73 Å². The molecule has 0 bridgehead atoms. The van der Waals surface area contributed by atoms with E-state index in [1.54, 1.807) is 0 Å². The number of hydrogen-bond donors (Lipinski definition) is 1. The van der Waals surface area contributed by atoms with Gasteiger partial charge in [0.15, 0.2) is 0 Å². The molecule has 2 rings (SSSR count). The fourth-order valence-corrected chi connectivity index (χ4v) is 2.26. The molecule has 2 aliphatic rings. The topological polar surface area (TPSA) is 29.3 Å². The molecule has 2 fully saturated rings. The lowest BCUT2D eigenvalue weighted by Crippen LogP contribution is -2.45. The summed E-state index contributed by atoms with van der Waals surface area (Å²) in [7, 11) is 0. The fraction of sp³-hybridized carbons (Fsp3) is 1.00. The van der Waals surface area contributed by atoms with Crippen LogP contribution in [0.4, 0.5) is 0 Å². The van der Waals surface area contributed by atoms with Gasteiger partial charge in [0.2, 0.25) is 0 Å². The summed E-state index contributed by atoms with van der Waals surface area (Å²) in [6.45, 7) is 10.6. The van der Waals surface area contributed by atoms with Crippen LogP contribution in [0.5, 0.6) is 0 Å². The van der Waals surface area contributed by atoms with Crippen molar-refractivity contribution in [3.05, 3.63) is 0 Å². The predicted octanol–water partition coefficient (Wildman–Crippen LogP) is 2.48. The molecular formula is C14H28N2. The summed E-state index contributed by atoms with van der Waals surface area (Å²) < 4.78 is 0. The minimum absolute atomic E-state index is 0.254. The van der Waals surface area contributed by atoms with Crippen molar-refractivity contribution in [2.24, 2.45) is 23.0 Å². The second-order valence-corrected chi connectivity index (χ2v) is 6.86. The highest BCUT2D eigenvalue weighted by molar-refractivity contribution is 4.87. The Kier molecular flexibility index (Phi) is 3.60. The van der Waals surface area contributed by atoms with Gasteiger partial charge < -0.3 is 10.6 Å². The van der Waals surface area contributed by atoms with E-state index in [1.165, 1.54) is 45.3 Å². The molecule has 0 heterocycles. The van der Waals surface area contributed by atoms with Gasteiger partial charge in [-0.2, -0.15) is 0 Å². The second kappa shape index (κ2) is 4.66. The smallest absolute Gasteiger partial charge is 0.00739 e. The summed E-state index contributed by atoms with van der Waals surface area (Å²) in [5, 5.41) is 0. The summed E-state index contributed by atoms with van der Waals surface area (Å²) >= 11 is 0. The monoisotopic (exact) mass is 224 g/mol. The maximum Gasteiger partial charge on any atom is 0.00739 e. The van der Waals surface area contributed by atoms with Crippen LogP contribution in [0.25, 0.3) is 0 Å². The van der Waals surface area contributed by atoms with Gasteiger partial charge in [-0.1, -0.05) is 13.8 Å². The lowest BCUT2D eigenvalue weighted by molar-refractivity contribution is 0.147. The van der Waals surface area contributed by atoms with Crippen molar-refractivity contribution in [1.29, 1.82) is 0 Å². The highest BCUT2D eigenvalue weighted by Crippen LogP contribution is 2.35. The number of nitrogens with two attached hydrogens (primary N) is 1. The zero-order valence-electron chi connectivity index (χ0n) is 11.2. The third-order valence-corrected chi connectivity index (χ3v) is 4.29. The summed E-state index contributed by atoms with van der Waals surface area (Å²) in [5.41, 5.74) is 6.34. The molecule has 2 N–H and O–H groups in total. The normalized spacial score (nSPS) is 23.8. The SMILES string of the molecule is CC(N)C(C)(C)CN(CC1CC1)CC1CC1. The second-order valence-electron chi connectivity index (χ2n) is 6.86. The van der Waals surface area contributed by atoms with Crippen molar-refractivity contribution in [2.75, 3.05) is 19.6 Å². The number of rotatable bonds is 7. The van der Waals surface area contributed by atoms with Gasteiger partial charge in [0.25, 0.3) is 0 Å². The van der Waals surface area contributed by atoms with Gasteiger partial charge in [0.05, 0.1) is 0 Å². The quantitative estimate of drug-likeness (QED) is 0.720. The van der Waals surface area contributed by atoms with Crippen molar-refractivity contribution < 1.29 is 0 Å². The molecule has 0 aliphatic heterocycles. The van der Waals surface area contributed by atoms with Crippen molar-refractivity contribution in [2.45, 2.75) is 52.5 Å². The highest BCUT2D eigenvalue weighted by Gasteiger charge is 2.33. The predicted molar refractivity (Wildman–Crippen MR) is 69.3 cm³/mol. The van der Waals surface area contributed by atoms with Crippen LogP contribution in [0.2, 0.25) is 0 Å². The van der Waals surface area contributed by atoms with E-state index >= 15 is 0 Å². The largest absolute Gasteiger partial charge is 0.327 e. The molecule has 0 spiro atoms. The minimum Gasteiger partial charge on any atom is -0.327 e. The maximum atomic E-state index is 6.08. The first-order chi connectivity index (χ1) is 7.47. The zero-order valence-corrected chi connectivity index (χ0v) is 11.2. The van der Waals surface area contributed by atoms with E-state index < -0.39 is 0 Å². The van der Waals surface area contributed by atoms with Crippen LogP contribution < -0.4 is 5.73 Å². The molecule has 1 atom stereocenters. The lowest BCUT2D eigenvalue weighted by atomic mass is 9.85. The molecule has 0 aromatic heterocycles. The van der Waals surface area contributed by atoms with Gasteiger partial charge in [-0.3, -0.25) is 0 Å². The first-order valence-electron chi connectivity index (χ1n) is 6.95. The van der Waals surface area contributed by atoms with E-state index in [2.05, 4.69) is 25.7 Å². The first kappa shape index (κ1) is 12.4. The van der Waals surface area contributed by atoms with Crippen LogP contribution in [0.3, 0.4) is 0 Å². The molecule has 0 radical (unpaired) electrons. The van der Waals surface area contributed by atoms with E-state index in [0.717, 1.165) is 11.8 Å². The Hall–Kier alpha value is -0.0800. The van der Waals surface area contributed by atoms with Crippen LogP contribution in [0.1, 0.15) is 46.5 Å². The molecule has 2 nitrogen and oxygen atoms in total.